The summed E-state index contributed by atoms with van der Waals surface area (Å²) < 4.78 is 4.36. The molecule has 13 heavy (non-hydrogen) atoms. The lowest BCUT2D eigenvalue weighted by atomic mass is 10.1. The van der Waals surface area contributed by atoms with Crippen LogP contribution in [0.25, 0.3) is 0 Å². The highest BCUT2D eigenvalue weighted by Gasteiger charge is 2.07. The van der Waals surface area contributed by atoms with Crippen molar-refractivity contribution < 1.29 is 8.62 Å². The summed E-state index contributed by atoms with van der Waals surface area (Å²) in [7, 11) is 0. The van der Waals surface area contributed by atoms with Gasteiger partial charge in [0.15, 0.2) is 16.3 Å². The highest BCUT2D eigenvalue weighted by Crippen LogP contribution is 2.08. The fourth-order valence-corrected chi connectivity index (χ4v) is 1.20. The summed E-state index contributed by atoms with van der Waals surface area (Å²) in [6, 6.07) is 9.64. The summed E-state index contributed by atoms with van der Waals surface area (Å²) in [5.41, 5.74) is 1.48. The minimum atomic E-state index is -0.427. The second-order valence-electron chi connectivity index (χ2n) is 2.63. The molecule has 0 saturated carbocycles. The molecule has 0 unspecified atom stereocenters. The van der Waals surface area contributed by atoms with Crippen LogP contribution in [0.3, 0.4) is 0 Å². The van der Waals surface area contributed by atoms with E-state index in [4.69, 9.17) is 0 Å². The van der Waals surface area contributed by atoms with Crippen LogP contribution in [0, 0.1) is 0 Å². The van der Waals surface area contributed by atoms with Crippen molar-refractivity contribution in [2.24, 2.45) is 0 Å². The van der Waals surface area contributed by atoms with Crippen molar-refractivity contribution in [2.45, 2.75) is 6.42 Å². The Labute approximate surface area is 85.7 Å². The zero-order chi connectivity index (χ0) is 9.68. The maximum atomic E-state index is 10.9. The van der Waals surface area contributed by atoms with E-state index in [1.807, 2.05) is 30.3 Å². The third-order valence-electron chi connectivity index (χ3n) is 1.62. The van der Waals surface area contributed by atoms with Crippen molar-refractivity contribution in [1.82, 2.24) is 0 Å². The Balaban J connectivity index is 2.60. The molecular weight excluding hydrogens is 232 g/mol. The molecule has 68 valence electrons. The smallest absolute Gasteiger partial charge is 0.345 e. The van der Waals surface area contributed by atoms with Gasteiger partial charge >= 0.3 is 5.97 Å². The van der Waals surface area contributed by atoms with Gasteiger partial charge in [-0.05, 0) is 5.56 Å². The van der Waals surface area contributed by atoms with Crippen LogP contribution in [0.1, 0.15) is 5.56 Å². The molecule has 0 fully saturated rings. The van der Waals surface area contributed by atoms with Gasteiger partial charge in [-0.2, -0.15) is 0 Å². The molecule has 3 heteroatoms. The molecule has 0 aliphatic rings. The monoisotopic (exact) mass is 240 g/mol. The van der Waals surface area contributed by atoms with Crippen LogP contribution in [0.4, 0.5) is 0 Å². The Morgan fingerprint density at radius 3 is 2.54 bits per heavy atom. The van der Waals surface area contributed by atoms with Gasteiger partial charge in [0.2, 0.25) is 0 Å². The second kappa shape index (κ2) is 4.82. The maximum absolute atomic E-state index is 10.9. The van der Waals surface area contributed by atoms with Crippen LogP contribution in [-0.2, 0) is 15.0 Å². The Hall–Kier alpha value is -1.09. The van der Waals surface area contributed by atoms with E-state index in [0.29, 0.717) is 12.0 Å². The van der Waals surface area contributed by atoms with E-state index in [1.165, 1.54) is 0 Å². The van der Waals surface area contributed by atoms with Gasteiger partial charge in [0, 0.05) is 12.0 Å². The van der Waals surface area contributed by atoms with Crippen LogP contribution in [0.2, 0.25) is 0 Å². The lowest BCUT2D eigenvalue weighted by Crippen LogP contribution is -2.03. The summed E-state index contributed by atoms with van der Waals surface area (Å²) >= 11 is 2.62. The average Bonchev–Trinajstić information content (AvgIpc) is 2.18. The molecule has 0 heterocycles. The predicted molar refractivity (Wildman–Crippen MR) is 54.3 cm³/mol. The third kappa shape index (κ3) is 3.03. The van der Waals surface area contributed by atoms with Gasteiger partial charge in [-0.1, -0.05) is 36.9 Å². The topological polar surface area (TPSA) is 26.3 Å². The molecule has 0 aromatic heterocycles. The molecule has 0 spiro atoms. The van der Waals surface area contributed by atoms with E-state index in [0.717, 1.165) is 5.56 Å². The number of carbonyl (C=O) groups excluding carboxylic acids is 1. The molecule has 1 rings (SSSR count). The lowest BCUT2D eigenvalue weighted by Gasteiger charge is -2.01. The highest BCUT2D eigenvalue weighted by atomic mass is 79.9. The van der Waals surface area contributed by atoms with Gasteiger partial charge in [0.05, 0.1) is 0 Å². The number of benzene rings is 1. The number of rotatable bonds is 3. The Morgan fingerprint density at radius 2 is 2.00 bits per heavy atom. The first kappa shape index (κ1) is 9.99. The quantitative estimate of drug-likeness (QED) is 0.760. The summed E-state index contributed by atoms with van der Waals surface area (Å²) in [5.74, 6) is -0.427. The zero-order valence-corrected chi connectivity index (χ0v) is 8.58. The van der Waals surface area contributed by atoms with Crippen LogP contribution in [0.5, 0.6) is 0 Å². The molecule has 1 aromatic carbocycles. The van der Waals surface area contributed by atoms with Crippen molar-refractivity contribution in [2.75, 3.05) is 0 Å². The van der Waals surface area contributed by atoms with Gasteiger partial charge < -0.3 is 3.83 Å². The molecule has 0 radical (unpaired) electrons. The first-order valence-corrected chi connectivity index (χ1v) is 4.43. The minimum absolute atomic E-state index is 0.427. The van der Waals surface area contributed by atoms with Crippen LogP contribution < -0.4 is 0 Å². The Kier molecular flexibility index (Phi) is 3.71. The third-order valence-corrected chi connectivity index (χ3v) is 1.91. The summed E-state index contributed by atoms with van der Waals surface area (Å²) in [4.78, 5) is 10.9. The average molecular weight is 241 g/mol. The summed E-state index contributed by atoms with van der Waals surface area (Å²) in [5, 5.41) is 0. The van der Waals surface area contributed by atoms with Gasteiger partial charge in [-0.25, -0.2) is 4.79 Å². The number of hydrogen-bond donors (Lipinski definition) is 0. The Morgan fingerprint density at radius 1 is 1.38 bits per heavy atom. The number of carbonyl (C=O) groups is 1. The Bertz CT molecular complexity index is 306. The molecule has 1 aromatic rings. The largest absolute Gasteiger partial charge is 0.380 e. The molecule has 0 atom stereocenters. The molecular formula is C10H9BrO2. The van der Waals surface area contributed by atoms with Gasteiger partial charge in [-0.3, -0.25) is 0 Å². The molecule has 0 aliphatic heterocycles. The van der Waals surface area contributed by atoms with E-state index in [-0.39, 0.29) is 0 Å². The normalized spacial score (nSPS) is 9.31. The first-order valence-electron chi connectivity index (χ1n) is 3.78. The van der Waals surface area contributed by atoms with Gasteiger partial charge in [-0.15, -0.1) is 0 Å². The molecule has 0 bridgehead atoms. The summed E-state index contributed by atoms with van der Waals surface area (Å²) in [6.07, 6.45) is 0.519. The first-order chi connectivity index (χ1) is 6.24. The second-order valence-corrected chi connectivity index (χ2v) is 2.95. The molecule has 2 nitrogen and oxygen atoms in total. The van der Waals surface area contributed by atoms with E-state index in [9.17, 15) is 4.79 Å². The van der Waals surface area contributed by atoms with Crippen molar-refractivity contribution >= 4 is 22.2 Å². The van der Waals surface area contributed by atoms with Gasteiger partial charge in [0.1, 0.15) is 0 Å². The number of hydrogen-bond acceptors (Lipinski definition) is 2. The van der Waals surface area contributed by atoms with Crippen molar-refractivity contribution in [3.8, 4) is 0 Å². The van der Waals surface area contributed by atoms with Crippen LogP contribution >= 0.6 is 16.3 Å². The van der Waals surface area contributed by atoms with Crippen molar-refractivity contribution in [1.29, 1.82) is 0 Å². The van der Waals surface area contributed by atoms with Crippen LogP contribution in [-0.4, -0.2) is 5.97 Å². The SMILES string of the molecule is C=C(Cc1ccccc1)C(=O)OBr. The van der Waals surface area contributed by atoms with Crippen LogP contribution in [0.15, 0.2) is 42.5 Å². The molecule has 0 N–H and O–H groups in total. The standard InChI is InChI=1S/C10H9BrO2/c1-8(10(12)13-11)7-9-5-3-2-4-6-9/h2-6H,1,7H2. The van der Waals surface area contributed by atoms with Gasteiger partial charge in [0.25, 0.3) is 0 Å². The molecule has 0 amide bonds. The van der Waals surface area contributed by atoms with E-state index in [2.05, 4.69) is 26.7 Å². The van der Waals surface area contributed by atoms with E-state index < -0.39 is 5.97 Å². The zero-order valence-electron chi connectivity index (χ0n) is 7.00. The van der Waals surface area contributed by atoms with Crippen molar-refractivity contribution in [3.63, 3.8) is 0 Å². The van der Waals surface area contributed by atoms with Crippen molar-refractivity contribution in [3.05, 3.63) is 48.0 Å². The fraction of sp³-hybridized carbons (Fsp3) is 0.100. The fourth-order valence-electron chi connectivity index (χ4n) is 0.969. The summed E-state index contributed by atoms with van der Waals surface area (Å²) in [6.45, 7) is 3.62. The predicted octanol–water partition coefficient (Wildman–Crippen LogP) is 2.64. The highest BCUT2D eigenvalue weighted by molar-refractivity contribution is 9.06. The lowest BCUT2D eigenvalue weighted by molar-refractivity contribution is -0.128. The van der Waals surface area contributed by atoms with E-state index in [1.54, 1.807) is 0 Å². The maximum Gasteiger partial charge on any atom is 0.345 e. The minimum Gasteiger partial charge on any atom is -0.380 e. The van der Waals surface area contributed by atoms with E-state index >= 15 is 0 Å². The molecule has 0 saturated heterocycles. The number of halogens is 1. The molecule has 0 aliphatic carbocycles.